The summed E-state index contributed by atoms with van der Waals surface area (Å²) in [5.41, 5.74) is 10.3. The number of fused-ring (bicyclic) bond motifs is 2. The van der Waals surface area contributed by atoms with Crippen molar-refractivity contribution in [3.63, 3.8) is 0 Å². The number of nitrogens with one attached hydrogen (secondary N) is 3. The number of aromatic carboxylic acids is 1. The van der Waals surface area contributed by atoms with Crippen LogP contribution in [0.1, 0.15) is 82.5 Å². The van der Waals surface area contributed by atoms with Gasteiger partial charge in [0.2, 0.25) is 0 Å². The van der Waals surface area contributed by atoms with Gasteiger partial charge in [-0.3, -0.25) is 4.79 Å². The van der Waals surface area contributed by atoms with Gasteiger partial charge in [-0.05, 0) is 87.1 Å². The number of carboxylic acid groups (broad SMARTS) is 1. The molecule has 4 N–H and O–H groups in total. The van der Waals surface area contributed by atoms with Crippen LogP contribution in [-0.4, -0.2) is 52.2 Å². The topological polar surface area (TPSA) is 151 Å². The maximum Gasteiger partial charge on any atom is 0.335 e. The molecule has 1 amide bonds. The van der Waals surface area contributed by atoms with Crippen molar-refractivity contribution in [1.82, 2.24) is 34.5 Å². The quantitative estimate of drug-likeness (QED) is 0.101. The van der Waals surface area contributed by atoms with Crippen LogP contribution in [0.3, 0.4) is 0 Å². The highest BCUT2D eigenvalue weighted by Crippen LogP contribution is 2.41. The van der Waals surface area contributed by atoms with Gasteiger partial charge in [-0.1, -0.05) is 60.7 Å². The summed E-state index contributed by atoms with van der Waals surface area (Å²) in [7, 11) is 0. The highest BCUT2D eigenvalue weighted by molar-refractivity contribution is 5.95. The molecule has 0 bridgehead atoms. The van der Waals surface area contributed by atoms with Crippen molar-refractivity contribution in [2.24, 2.45) is 0 Å². The molecule has 59 heavy (non-hydrogen) atoms. The molecule has 4 aromatic heterocycles. The molecule has 0 unspecified atom stereocenters. The van der Waals surface area contributed by atoms with Crippen LogP contribution in [-0.2, 0) is 0 Å². The standard InChI is InChI=1S/C25H23N5O.C22H18N4O2/c31-25(27-20-12-13-20)18-8-10-19(11-9-18)26-23-14-21(16-4-2-1-3-5-16)28-24-15-22(17-6-7-17)29-30(23)24;27-22(28)16-8-10-17(11-9-16)23-20-12-18(14-4-2-1-3-5-14)24-21-13-19(15-6-7-15)25-26(20)21/h1-5,8-11,14-15,17,20,26H,6-7,12-13H2,(H,27,31);1-5,8-13,15,23H,6-7H2,(H,27,28). The fourth-order valence-electron chi connectivity index (χ4n) is 7.03. The van der Waals surface area contributed by atoms with Crippen LogP contribution in [0.5, 0.6) is 0 Å². The largest absolute Gasteiger partial charge is 0.478 e. The molecular formula is C47H41N9O3. The van der Waals surface area contributed by atoms with Crippen LogP contribution in [0.4, 0.5) is 23.0 Å². The number of carbonyl (C=O) groups excluding carboxylic acids is 1. The number of aromatic nitrogens is 6. The summed E-state index contributed by atoms with van der Waals surface area (Å²) in [6, 6.07) is 43.0. The Balaban J connectivity index is 0.000000143. The molecular weight excluding hydrogens is 739 g/mol. The molecule has 0 aliphatic heterocycles. The molecule has 12 heteroatoms. The number of anilines is 4. The number of rotatable bonds is 11. The van der Waals surface area contributed by atoms with E-state index in [0.717, 1.165) is 81.0 Å². The van der Waals surface area contributed by atoms with Crippen molar-refractivity contribution in [2.75, 3.05) is 10.6 Å². The molecule has 0 radical (unpaired) electrons. The third kappa shape index (κ3) is 8.10. The van der Waals surface area contributed by atoms with Gasteiger partial charge in [0.1, 0.15) is 11.6 Å². The van der Waals surface area contributed by atoms with Crippen molar-refractivity contribution in [1.29, 1.82) is 0 Å². The molecule has 12 nitrogen and oxygen atoms in total. The monoisotopic (exact) mass is 779 g/mol. The first-order valence-electron chi connectivity index (χ1n) is 20.1. The van der Waals surface area contributed by atoms with Gasteiger partial charge in [-0.15, -0.1) is 0 Å². The van der Waals surface area contributed by atoms with Crippen LogP contribution in [0, 0.1) is 0 Å². The zero-order chi connectivity index (χ0) is 39.9. The number of hydrogen-bond donors (Lipinski definition) is 4. The van der Waals surface area contributed by atoms with Gasteiger partial charge in [0.05, 0.1) is 28.3 Å². The van der Waals surface area contributed by atoms with E-state index in [2.05, 4.69) is 40.2 Å². The lowest BCUT2D eigenvalue weighted by molar-refractivity contribution is 0.0696. The fraction of sp³-hybridized carbons (Fsp3) is 0.191. The van der Waals surface area contributed by atoms with Crippen LogP contribution in [0.2, 0.25) is 0 Å². The Labute approximate surface area is 340 Å². The van der Waals surface area contributed by atoms with E-state index < -0.39 is 5.97 Å². The minimum Gasteiger partial charge on any atom is -0.478 e. The Hall–Kier alpha value is -7.34. The Morgan fingerprint density at radius 3 is 1.39 bits per heavy atom. The molecule has 8 aromatic rings. The molecule has 3 aliphatic carbocycles. The first-order valence-corrected chi connectivity index (χ1v) is 20.1. The van der Waals surface area contributed by atoms with Crippen LogP contribution < -0.4 is 16.0 Å². The van der Waals surface area contributed by atoms with E-state index in [1.807, 2.05) is 94.0 Å². The van der Waals surface area contributed by atoms with E-state index >= 15 is 0 Å². The SMILES string of the molecule is O=C(NC1CC1)c1ccc(Nc2cc(-c3ccccc3)nc3cc(C4CC4)nn23)cc1.O=C(O)c1ccc(Nc2cc(-c3ccccc3)nc3cc(C4CC4)nn23)cc1. The first kappa shape index (κ1) is 36.0. The summed E-state index contributed by atoms with van der Waals surface area (Å²) < 4.78 is 3.71. The molecule has 3 fully saturated rings. The van der Waals surface area contributed by atoms with E-state index in [4.69, 9.17) is 25.3 Å². The molecule has 11 rings (SSSR count). The summed E-state index contributed by atoms with van der Waals surface area (Å²) in [4.78, 5) is 33.0. The number of amides is 1. The normalized spacial score (nSPS) is 14.7. The molecule has 0 spiro atoms. The molecule has 0 atom stereocenters. The second-order valence-corrected chi connectivity index (χ2v) is 15.5. The summed E-state index contributed by atoms with van der Waals surface area (Å²) >= 11 is 0. The Morgan fingerprint density at radius 1 is 0.542 bits per heavy atom. The lowest BCUT2D eigenvalue weighted by Gasteiger charge is -2.11. The molecule has 292 valence electrons. The van der Waals surface area contributed by atoms with Crippen molar-refractivity contribution in [2.45, 2.75) is 56.4 Å². The van der Waals surface area contributed by atoms with Gasteiger partial charge in [0, 0.05) is 70.2 Å². The second-order valence-electron chi connectivity index (χ2n) is 15.5. The van der Waals surface area contributed by atoms with E-state index in [9.17, 15) is 9.59 Å². The molecule has 3 saturated carbocycles. The Kier molecular flexibility index (Phi) is 9.28. The van der Waals surface area contributed by atoms with Gasteiger partial charge in [0.25, 0.3) is 5.91 Å². The van der Waals surface area contributed by atoms with Crippen LogP contribution >= 0.6 is 0 Å². The number of carboxylic acids is 1. The predicted octanol–water partition coefficient (Wildman–Crippen LogP) is 9.62. The van der Waals surface area contributed by atoms with Gasteiger partial charge in [-0.25, -0.2) is 14.8 Å². The zero-order valence-electron chi connectivity index (χ0n) is 32.1. The van der Waals surface area contributed by atoms with Crippen molar-refractivity contribution < 1.29 is 14.7 Å². The summed E-state index contributed by atoms with van der Waals surface area (Å²) in [5, 5.41) is 28.5. The van der Waals surface area contributed by atoms with Gasteiger partial charge in [-0.2, -0.15) is 19.2 Å². The average Bonchev–Trinajstić information content (AvgIpc) is 4.20. The first-order chi connectivity index (χ1) is 28.9. The van der Waals surface area contributed by atoms with Crippen molar-refractivity contribution in [3.8, 4) is 22.5 Å². The van der Waals surface area contributed by atoms with Gasteiger partial charge in [0.15, 0.2) is 11.3 Å². The van der Waals surface area contributed by atoms with E-state index in [-0.39, 0.29) is 11.5 Å². The summed E-state index contributed by atoms with van der Waals surface area (Å²) in [6.07, 6.45) is 6.91. The molecule has 4 heterocycles. The number of hydrogen-bond acceptors (Lipinski definition) is 8. The van der Waals surface area contributed by atoms with Crippen molar-refractivity contribution in [3.05, 3.63) is 156 Å². The minimum absolute atomic E-state index is 0.00660. The molecule has 0 saturated heterocycles. The van der Waals surface area contributed by atoms with Crippen LogP contribution in [0.15, 0.2) is 133 Å². The number of nitrogens with zero attached hydrogens (tertiary/aromatic N) is 6. The number of benzene rings is 4. The maximum absolute atomic E-state index is 12.3. The molecule has 4 aromatic carbocycles. The lowest BCUT2D eigenvalue weighted by atomic mass is 10.1. The summed E-state index contributed by atoms with van der Waals surface area (Å²) in [6.45, 7) is 0. The molecule has 3 aliphatic rings. The number of carbonyl (C=O) groups is 2. The van der Waals surface area contributed by atoms with E-state index in [1.165, 1.54) is 25.7 Å². The smallest absolute Gasteiger partial charge is 0.335 e. The van der Waals surface area contributed by atoms with Gasteiger partial charge >= 0.3 is 5.97 Å². The van der Waals surface area contributed by atoms with E-state index in [0.29, 0.717) is 23.4 Å². The maximum atomic E-state index is 12.3. The highest BCUT2D eigenvalue weighted by Gasteiger charge is 2.28. The lowest BCUT2D eigenvalue weighted by Crippen LogP contribution is -2.25. The van der Waals surface area contributed by atoms with Crippen LogP contribution in [0.25, 0.3) is 33.8 Å². The Bertz CT molecular complexity index is 2810. The van der Waals surface area contributed by atoms with E-state index in [1.54, 1.807) is 24.3 Å². The fourth-order valence-corrected chi connectivity index (χ4v) is 7.03. The zero-order valence-corrected chi connectivity index (χ0v) is 32.1. The Morgan fingerprint density at radius 2 is 0.983 bits per heavy atom. The summed E-state index contributed by atoms with van der Waals surface area (Å²) in [5.74, 6) is 1.78. The third-order valence-electron chi connectivity index (χ3n) is 10.8. The van der Waals surface area contributed by atoms with Crippen molar-refractivity contribution >= 4 is 46.2 Å². The minimum atomic E-state index is -0.939. The highest BCUT2D eigenvalue weighted by atomic mass is 16.4. The second kappa shape index (κ2) is 15.2. The average molecular weight is 780 g/mol. The van der Waals surface area contributed by atoms with Gasteiger partial charge < -0.3 is 21.1 Å². The predicted molar refractivity (Wildman–Crippen MR) is 228 cm³/mol. The third-order valence-corrected chi connectivity index (χ3v) is 10.8.